The number of carbonyl (C=O) groups is 2. The highest BCUT2D eigenvalue weighted by molar-refractivity contribution is 7.89. The summed E-state index contributed by atoms with van der Waals surface area (Å²) in [7, 11) is -3.62. The van der Waals surface area contributed by atoms with E-state index in [1.165, 1.54) is 22.5 Å². The van der Waals surface area contributed by atoms with Crippen molar-refractivity contribution in [1.29, 1.82) is 0 Å². The highest BCUT2D eigenvalue weighted by Gasteiger charge is 2.27. The van der Waals surface area contributed by atoms with Crippen LogP contribution in [0.4, 0.5) is 5.69 Å². The first kappa shape index (κ1) is 21.7. The number of hydrogen-bond acceptors (Lipinski definition) is 5. The summed E-state index contributed by atoms with van der Waals surface area (Å²) < 4.78 is 31.6. The fourth-order valence-electron chi connectivity index (χ4n) is 2.65. The van der Waals surface area contributed by atoms with Gasteiger partial charge in [0, 0.05) is 19.5 Å². The van der Waals surface area contributed by atoms with Crippen LogP contribution >= 0.6 is 11.6 Å². The van der Waals surface area contributed by atoms with Gasteiger partial charge in [-0.15, -0.1) is 0 Å². The van der Waals surface area contributed by atoms with E-state index >= 15 is 0 Å². The number of nitrogens with zero attached hydrogens (tertiary/aromatic N) is 1. The fraction of sp³-hybridized carbons (Fsp3) is 0.556. The quantitative estimate of drug-likeness (QED) is 0.657. The number of sulfonamides is 1. The lowest BCUT2D eigenvalue weighted by atomic mass is 10.1. The van der Waals surface area contributed by atoms with Crippen LogP contribution < -0.4 is 5.32 Å². The minimum Gasteiger partial charge on any atom is -0.456 e. The van der Waals surface area contributed by atoms with Crippen LogP contribution in [0.25, 0.3) is 0 Å². The van der Waals surface area contributed by atoms with Gasteiger partial charge >= 0.3 is 5.97 Å². The molecule has 0 spiro atoms. The third-order valence-electron chi connectivity index (χ3n) is 4.20. The number of esters is 1. The van der Waals surface area contributed by atoms with Crippen LogP contribution in [0.5, 0.6) is 0 Å². The molecule has 1 amide bonds. The smallest absolute Gasteiger partial charge is 0.306 e. The molecule has 0 saturated carbocycles. The maximum Gasteiger partial charge on any atom is 0.306 e. The zero-order valence-corrected chi connectivity index (χ0v) is 17.1. The number of carbonyl (C=O) groups excluding carboxylic acids is 2. The second-order valence-electron chi connectivity index (χ2n) is 6.89. The number of anilines is 1. The molecule has 150 valence electrons. The van der Waals surface area contributed by atoms with Crippen molar-refractivity contribution in [1.82, 2.24) is 4.31 Å². The molecule has 0 radical (unpaired) electrons. The van der Waals surface area contributed by atoms with Gasteiger partial charge in [0.2, 0.25) is 10.0 Å². The van der Waals surface area contributed by atoms with Gasteiger partial charge in [0.1, 0.15) is 0 Å². The van der Waals surface area contributed by atoms with Crippen molar-refractivity contribution < 1.29 is 22.7 Å². The van der Waals surface area contributed by atoms with Crippen LogP contribution in [0.2, 0.25) is 5.02 Å². The van der Waals surface area contributed by atoms with Crippen molar-refractivity contribution in [3.8, 4) is 0 Å². The molecule has 1 N–H and O–H groups in total. The monoisotopic (exact) mass is 416 g/mol. The lowest BCUT2D eigenvalue weighted by Gasteiger charge is -2.16. The third kappa shape index (κ3) is 6.19. The van der Waals surface area contributed by atoms with E-state index in [2.05, 4.69) is 5.32 Å². The van der Waals surface area contributed by atoms with E-state index in [0.717, 1.165) is 12.8 Å². The van der Waals surface area contributed by atoms with Gasteiger partial charge in [-0.05, 0) is 43.4 Å². The molecular weight excluding hydrogens is 392 g/mol. The fourth-order valence-corrected chi connectivity index (χ4v) is 4.36. The van der Waals surface area contributed by atoms with E-state index in [1.54, 1.807) is 0 Å². The molecule has 1 heterocycles. The first-order valence-electron chi connectivity index (χ1n) is 8.95. The maximum atomic E-state index is 12.6. The predicted molar refractivity (Wildman–Crippen MR) is 103 cm³/mol. The largest absolute Gasteiger partial charge is 0.456 e. The lowest BCUT2D eigenvalue weighted by Crippen LogP contribution is -2.28. The van der Waals surface area contributed by atoms with Gasteiger partial charge in [-0.3, -0.25) is 9.59 Å². The summed E-state index contributed by atoms with van der Waals surface area (Å²) in [5.74, 6) is -0.661. The number of nitrogens with one attached hydrogen (secondary N) is 1. The number of rotatable bonds is 8. The Kier molecular flexibility index (Phi) is 7.64. The summed E-state index contributed by atoms with van der Waals surface area (Å²) in [5, 5.41) is 2.71. The van der Waals surface area contributed by atoms with Crippen molar-refractivity contribution in [2.75, 3.05) is 25.0 Å². The van der Waals surface area contributed by atoms with Crippen molar-refractivity contribution in [2.24, 2.45) is 5.92 Å². The van der Waals surface area contributed by atoms with Crippen LogP contribution in [-0.4, -0.2) is 44.3 Å². The van der Waals surface area contributed by atoms with Gasteiger partial charge in [-0.1, -0.05) is 25.4 Å². The molecule has 1 aliphatic heterocycles. The lowest BCUT2D eigenvalue weighted by molar-refractivity contribution is -0.147. The van der Waals surface area contributed by atoms with Crippen molar-refractivity contribution in [3.05, 3.63) is 23.2 Å². The molecule has 0 aliphatic carbocycles. The number of benzene rings is 1. The molecule has 7 nitrogen and oxygen atoms in total. The third-order valence-corrected chi connectivity index (χ3v) is 6.43. The number of ether oxygens (including phenoxy) is 1. The molecule has 27 heavy (non-hydrogen) atoms. The summed E-state index contributed by atoms with van der Waals surface area (Å²) in [6, 6.07) is 4.17. The molecule has 1 aromatic carbocycles. The maximum absolute atomic E-state index is 12.6. The number of halogens is 1. The Morgan fingerprint density at radius 3 is 2.56 bits per heavy atom. The van der Waals surface area contributed by atoms with E-state index < -0.39 is 28.5 Å². The summed E-state index contributed by atoms with van der Waals surface area (Å²) in [4.78, 5) is 23.7. The summed E-state index contributed by atoms with van der Waals surface area (Å²) in [6.07, 6.45) is 2.59. The Morgan fingerprint density at radius 2 is 1.93 bits per heavy atom. The molecule has 0 bridgehead atoms. The van der Waals surface area contributed by atoms with E-state index in [0.29, 0.717) is 25.4 Å². The Hall–Kier alpha value is -1.64. The number of hydrogen-bond donors (Lipinski definition) is 1. The van der Waals surface area contributed by atoms with Gasteiger partial charge in [0.15, 0.2) is 6.61 Å². The van der Waals surface area contributed by atoms with E-state index in [1.807, 2.05) is 13.8 Å². The summed E-state index contributed by atoms with van der Waals surface area (Å²) in [5.41, 5.74) is 0.167. The predicted octanol–water partition coefficient (Wildman–Crippen LogP) is 3.04. The molecule has 1 aromatic rings. The molecule has 0 unspecified atom stereocenters. The van der Waals surface area contributed by atoms with Crippen molar-refractivity contribution >= 4 is 39.2 Å². The van der Waals surface area contributed by atoms with E-state index in [4.69, 9.17) is 16.3 Å². The summed E-state index contributed by atoms with van der Waals surface area (Å²) in [6.45, 7) is 4.50. The molecule has 1 saturated heterocycles. The number of amides is 1. The van der Waals surface area contributed by atoms with Gasteiger partial charge in [0.05, 0.1) is 15.6 Å². The Balaban J connectivity index is 1.99. The normalized spacial score (nSPS) is 15.1. The average Bonchev–Trinajstić information content (AvgIpc) is 3.15. The van der Waals surface area contributed by atoms with Gasteiger partial charge in [-0.2, -0.15) is 4.31 Å². The van der Waals surface area contributed by atoms with Gasteiger partial charge < -0.3 is 10.1 Å². The van der Waals surface area contributed by atoms with E-state index in [-0.39, 0.29) is 22.0 Å². The molecule has 1 fully saturated rings. The van der Waals surface area contributed by atoms with Crippen molar-refractivity contribution in [3.63, 3.8) is 0 Å². The van der Waals surface area contributed by atoms with Gasteiger partial charge in [0.25, 0.3) is 5.91 Å². The molecule has 2 rings (SSSR count). The zero-order chi connectivity index (χ0) is 20.0. The Morgan fingerprint density at radius 1 is 1.26 bits per heavy atom. The van der Waals surface area contributed by atoms with Crippen molar-refractivity contribution in [2.45, 2.75) is 44.4 Å². The van der Waals surface area contributed by atoms with Crippen LogP contribution in [0, 0.1) is 5.92 Å². The SMILES string of the molecule is CC(C)CCC(=O)OCC(=O)Nc1cc(S(=O)(=O)N2CCCC2)ccc1Cl. The standard InChI is InChI=1S/C18H25ClN2O5S/c1-13(2)5-8-18(23)26-12-17(22)20-16-11-14(6-7-15(16)19)27(24,25)21-9-3-4-10-21/h6-7,11,13H,3-5,8-10,12H2,1-2H3,(H,20,22). The Labute approximate surface area is 165 Å². The van der Waals surface area contributed by atoms with Crippen LogP contribution in [0.15, 0.2) is 23.1 Å². The molecular formula is C18H25ClN2O5S. The first-order valence-corrected chi connectivity index (χ1v) is 10.8. The molecule has 0 aromatic heterocycles. The second kappa shape index (κ2) is 9.52. The highest BCUT2D eigenvalue weighted by atomic mass is 35.5. The second-order valence-corrected chi connectivity index (χ2v) is 9.24. The topological polar surface area (TPSA) is 92.8 Å². The van der Waals surface area contributed by atoms with E-state index in [9.17, 15) is 18.0 Å². The Bertz CT molecular complexity index is 789. The molecule has 0 atom stereocenters. The molecule has 1 aliphatic rings. The highest BCUT2D eigenvalue weighted by Crippen LogP contribution is 2.28. The average molecular weight is 417 g/mol. The van der Waals surface area contributed by atoms with Crippen LogP contribution in [0.3, 0.4) is 0 Å². The zero-order valence-electron chi connectivity index (χ0n) is 15.5. The minimum absolute atomic E-state index is 0.0676. The van der Waals surface area contributed by atoms with Gasteiger partial charge in [-0.25, -0.2) is 8.42 Å². The first-order chi connectivity index (χ1) is 12.7. The molecule has 9 heteroatoms. The van der Waals surface area contributed by atoms with Crippen LogP contribution in [0.1, 0.15) is 39.5 Å². The minimum atomic E-state index is -3.62. The summed E-state index contributed by atoms with van der Waals surface area (Å²) >= 11 is 6.07. The van der Waals surface area contributed by atoms with Crippen LogP contribution in [-0.2, 0) is 24.3 Å².